The van der Waals surface area contributed by atoms with Gasteiger partial charge < -0.3 is 24.1 Å². The van der Waals surface area contributed by atoms with Crippen LogP contribution < -0.4 is 0 Å². The van der Waals surface area contributed by atoms with E-state index in [0.29, 0.717) is 11.6 Å². The Kier molecular flexibility index (Phi) is 7.35. The zero-order valence-corrected chi connectivity index (χ0v) is 19.2. The first-order valence-corrected chi connectivity index (χ1v) is 11.6. The largest absolute Gasteiger partial charge is 0.388 e. The second kappa shape index (κ2) is 10.8. The number of hydrogen-bond acceptors (Lipinski definition) is 6. The molecule has 0 amide bonds. The number of hydrogen-bond donors (Lipinski definition) is 1. The second-order valence-corrected chi connectivity index (χ2v) is 8.77. The van der Waals surface area contributed by atoms with E-state index in [-0.39, 0.29) is 6.61 Å². The number of halogens is 1. The van der Waals surface area contributed by atoms with Crippen molar-refractivity contribution in [3.05, 3.63) is 107 Å². The number of ether oxygens (including phenoxy) is 4. The fourth-order valence-electron chi connectivity index (χ4n) is 4.16. The molecule has 0 saturated carbocycles. The molecule has 0 bridgehead atoms. The van der Waals surface area contributed by atoms with Crippen molar-refractivity contribution in [3.63, 3.8) is 0 Å². The van der Waals surface area contributed by atoms with Gasteiger partial charge in [0, 0.05) is 16.8 Å². The Morgan fingerprint density at radius 2 is 1.74 bits per heavy atom. The van der Waals surface area contributed by atoms with Crippen LogP contribution in [-0.4, -0.2) is 48.6 Å². The zero-order chi connectivity index (χ0) is 23.3. The van der Waals surface area contributed by atoms with E-state index < -0.39 is 36.9 Å². The molecule has 1 N–H and O–H groups in total. The molecule has 176 valence electrons. The maximum absolute atomic E-state index is 11.3. The molecule has 2 aliphatic heterocycles. The quantitative estimate of drug-likeness (QED) is 0.525. The second-order valence-electron chi connectivity index (χ2n) is 8.33. The van der Waals surface area contributed by atoms with E-state index in [2.05, 4.69) is 4.99 Å². The van der Waals surface area contributed by atoms with E-state index in [0.717, 1.165) is 16.7 Å². The number of rotatable bonds is 6. The number of aliphatic imine (C=N–C) groups is 1. The van der Waals surface area contributed by atoms with Crippen molar-refractivity contribution < 1.29 is 24.1 Å². The Balaban J connectivity index is 1.36. The molecular weight excluding hydrogens is 454 g/mol. The molecule has 34 heavy (non-hydrogen) atoms. The summed E-state index contributed by atoms with van der Waals surface area (Å²) in [5.41, 5.74) is 2.70. The summed E-state index contributed by atoms with van der Waals surface area (Å²) in [6, 6.07) is 26.1. The van der Waals surface area contributed by atoms with Crippen molar-refractivity contribution in [2.75, 3.05) is 6.61 Å². The third kappa shape index (κ3) is 5.39. The van der Waals surface area contributed by atoms with Crippen LogP contribution in [-0.2, 0) is 25.6 Å². The lowest BCUT2D eigenvalue weighted by Gasteiger charge is -2.46. The fourth-order valence-corrected chi connectivity index (χ4v) is 4.36. The zero-order valence-electron chi connectivity index (χ0n) is 18.4. The van der Waals surface area contributed by atoms with Gasteiger partial charge in [0.1, 0.15) is 24.4 Å². The topological polar surface area (TPSA) is 69.5 Å². The van der Waals surface area contributed by atoms with Gasteiger partial charge in [-0.1, -0.05) is 84.4 Å². The summed E-state index contributed by atoms with van der Waals surface area (Å²) < 4.78 is 24.4. The highest BCUT2D eigenvalue weighted by molar-refractivity contribution is 6.30. The molecule has 5 rings (SSSR count). The molecule has 0 aromatic heterocycles. The van der Waals surface area contributed by atoms with E-state index in [1.165, 1.54) is 0 Å². The van der Waals surface area contributed by atoms with Gasteiger partial charge in [-0.25, -0.2) is 0 Å². The number of fused-ring (bicyclic) bond motifs is 1. The van der Waals surface area contributed by atoms with Gasteiger partial charge in [-0.2, -0.15) is 0 Å². The summed E-state index contributed by atoms with van der Waals surface area (Å²) in [5, 5.41) is 12.0. The van der Waals surface area contributed by atoms with Crippen molar-refractivity contribution in [1.82, 2.24) is 0 Å². The minimum absolute atomic E-state index is 0.275. The lowest BCUT2D eigenvalue weighted by molar-refractivity contribution is -0.343. The lowest BCUT2D eigenvalue weighted by atomic mass is 9.96. The third-order valence-corrected chi connectivity index (χ3v) is 6.14. The van der Waals surface area contributed by atoms with Gasteiger partial charge >= 0.3 is 0 Å². The Hall–Kier alpha value is -2.58. The van der Waals surface area contributed by atoms with Crippen LogP contribution in [0.3, 0.4) is 0 Å². The SMILES string of the molecule is O[C@@H]1[C@@H](N=Cc2cccc(Cl)c2)[C@@H](OCc2ccccc2)O[C@@H]2COC(c3ccccc3)O[C@@H]12. The van der Waals surface area contributed by atoms with Crippen LogP contribution in [0.5, 0.6) is 0 Å². The average molecular weight is 480 g/mol. The standard InChI is InChI=1S/C27H26ClNO5/c28-21-13-7-10-19(14-21)15-29-23-24(30)25-22(17-32-26(34-25)20-11-5-2-6-12-20)33-27(23)31-16-18-8-3-1-4-9-18/h1-15,22-27,30H,16-17H2/t22-,23-,24-,25-,26?,27+/m1/s1. The monoisotopic (exact) mass is 479 g/mol. The van der Waals surface area contributed by atoms with Gasteiger partial charge in [-0.15, -0.1) is 0 Å². The van der Waals surface area contributed by atoms with E-state index >= 15 is 0 Å². The first kappa shape index (κ1) is 23.2. The Morgan fingerprint density at radius 3 is 2.50 bits per heavy atom. The van der Waals surface area contributed by atoms with Crippen LogP contribution in [0.25, 0.3) is 0 Å². The summed E-state index contributed by atoms with van der Waals surface area (Å²) >= 11 is 6.11. The van der Waals surface area contributed by atoms with E-state index in [1.807, 2.05) is 72.8 Å². The summed E-state index contributed by atoms with van der Waals surface area (Å²) in [6.45, 7) is 0.602. The highest BCUT2D eigenvalue weighted by Gasteiger charge is 2.49. The highest BCUT2D eigenvalue weighted by atomic mass is 35.5. The molecule has 3 aromatic rings. The average Bonchev–Trinajstić information content (AvgIpc) is 2.88. The van der Waals surface area contributed by atoms with Crippen LogP contribution in [0.15, 0.2) is 89.9 Å². The molecule has 3 aromatic carbocycles. The van der Waals surface area contributed by atoms with Gasteiger partial charge in [0.25, 0.3) is 0 Å². The molecule has 6 atom stereocenters. The first-order chi connectivity index (χ1) is 16.7. The van der Waals surface area contributed by atoms with Gasteiger partial charge in [-0.05, 0) is 23.3 Å². The number of nitrogens with zero attached hydrogens (tertiary/aromatic N) is 1. The van der Waals surface area contributed by atoms with Crippen LogP contribution in [0.1, 0.15) is 23.0 Å². The maximum Gasteiger partial charge on any atom is 0.184 e. The molecule has 7 heteroatoms. The predicted molar refractivity (Wildman–Crippen MR) is 129 cm³/mol. The molecule has 6 nitrogen and oxygen atoms in total. The molecule has 2 saturated heterocycles. The van der Waals surface area contributed by atoms with Gasteiger partial charge in [0.15, 0.2) is 12.6 Å². The van der Waals surface area contributed by atoms with Gasteiger partial charge in [-0.3, -0.25) is 4.99 Å². The van der Waals surface area contributed by atoms with Gasteiger partial charge in [0.05, 0.1) is 13.2 Å². The first-order valence-electron chi connectivity index (χ1n) is 11.3. The van der Waals surface area contributed by atoms with Crippen molar-refractivity contribution in [2.45, 2.75) is 43.5 Å². The van der Waals surface area contributed by atoms with Crippen molar-refractivity contribution in [1.29, 1.82) is 0 Å². The Morgan fingerprint density at radius 1 is 0.971 bits per heavy atom. The third-order valence-electron chi connectivity index (χ3n) is 5.91. The van der Waals surface area contributed by atoms with E-state index in [4.69, 9.17) is 30.5 Å². The normalized spacial score (nSPS) is 29.1. The molecule has 0 spiro atoms. The maximum atomic E-state index is 11.3. The number of aliphatic hydroxyl groups is 1. The molecule has 2 fully saturated rings. The molecular formula is C27H26ClNO5. The lowest BCUT2D eigenvalue weighted by Crippen LogP contribution is -2.61. The fraction of sp³-hybridized carbons (Fsp3) is 0.296. The summed E-state index contributed by atoms with van der Waals surface area (Å²) in [5.74, 6) is 0. The van der Waals surface area contributed by atoms with Crippen LogP contribution in [0.4, 0.5) is 0 Å². The minimum atomic E-state index is -0.954. The summed E-state index contributed by atoms with van der Waals surface area (Å²) in [4.78, 5) is 4.65. The summed E-state index contributed by atoms with van der Waals surface area (Å²) in [7, 11) is 0. The molecule has 0 aliphatic carbocycles. The Labute approximate surface area is 203 Å². The highest BCUT2D eigenvalue weighted by Crippen LogP contribution is 2.35. The van der Waals surface area contributed by atoms with Gasteiger partial charge in [0.2, 0.25) is 0 Å². The smallest absolute Gasteiger partial charge is 0.184 e. The molecule has 0 radical (unpaired) electrons. The number of benzene rings is 3. The van der Waals surface area contributed by atoms with Crippen molar-refractivity contribution >= 4 is 17.8 Å². The van der Waals surface area contributed by atoms with Crippen molar-refractivity contribution in [2.24, 2.45) is 4.99 Å². The van der Waals surface area contributed by atoms with Crippen LogP contribution in [0, 0.1) is 0 Å². The van der Waals surface area contributed by atoms with Crippen LogP contribution in [0.2, 0.25) is 5.02 Å². The van der Waals surface area contributed by atoms with Crippen molar-refractivity contribution in [3.8, 4) is 0 Å². The molecule has 2 heterocycles. The predicted octanol–water partition coefficient (Wildman–Crippen LogP) is 4.54. The minimum Gasteiger partial charge on any atom is -0.388 e. The van der Waals surface area contributed by atoms with E-state index in [9.17, 15) is 5.11 Å². The Bertz CT molecular complexity index is 1100. The van der Waals surface area contributed by atoms with Crippen LogP contribution >= 0.6 is 11.6 Å². The summed E-state index contributed by atoms with van der Waals surface area (Å²) in [6.07, 6.45) is -1.72. The number of aliphatic hydroxyl groups excluding tert-OH is 1. The molecule has 2 aliphatic rings. The molecule has 1 unspecified atom stereocenters. The van der Waals surface area contributed by atoms with E-state index in [1.54, 1.807) is 18.3 Å².